The zero-order valence-electron chi connectivity index (χ0n) is 15.6. The number of thiol groups is 1. The van der Waals surface area contributed by atoms with Crippen molar-refractivity contribution < 1.29 is 28.3 Å². The molecule has 0 atom stereocenters. The first-order valence-electron chi connectivity index (χ1n) is 7.90. The average Bonchev–Trinajstić information content (AvgIpc) is 2.68. The van der Waals surface area contributed by atoms with Crippen LogP contribution in [0.3, 0.4) is 0 Å². The van der Waals surface area contributed by atoms with E-state index in [0.717, 1.165) is 30.5 Å². The predicted molar refractivity (Wildman–Crippen MR) is 103 cm³/mol. The number of methoxy groups -OCH3 is 1. The number of unbranched alkanes of at least 4 members (excludes halogenated alkanes) is 3. The lowest BCUT2D eigenvalue weighted by Crippen LogP contribution is -2.21. The zero-order chi connectivity index (χ0) is 21.9. The van der Waals surface area contributed by atoms with Crippen molar-refractivity contribution in [2.45, 2.75) is 32.1 Å². The van der Waals surface area contributed by atoms with Gasteiger partial charge in [-0.25, -0.2) is 19.9 Å². The Bertz CT molecular complexity index is 599. The summed E-state index contributed by atoms with van der Waals surface area (Å²) < 4.78 is 8.30. The van der Waals surface area contributed by atoms with Gasteiger partial charge < -0.3 is 15.3 Å². The van der Waals surface area contributed by atoms with Crippen molar-refractivity contribution in [2.75, 3.05) is 19.9 Å². The lowest BCUT2D eigenvalue weighted by Gasteiger charge is -1.98. The minimum absolute atomic E-state index is 0.0470. The van der Waals surface area contributed by atoms with E-state index in [9.17, 15) is 24.5 Å². The Morgan fingerprint density at radius 2 is 1.96 bits per heavy atom. The maximum absolute atomic E-state index is 10.9. The second-order valence-electron chi connectivity index (χ2n) is 5.01. The first-order valence-corrected chi connectivity index (χ1v) is 8.26. The molecule has 0 aliphatic rings. The fraction of sp³-hybridized carbons (Fsp3) is 0.467. The molecular formula is C15H25N5O7S. The molecule has 0 unspecified atom stereocenters. The molecule has 12 nitrogen and oxygen atoms in total. The monoisotopic (exact) mass is 419 g/mol. The predicted octanol–water partition coefficient (Wildman–Crippen LogP) is 1.02. The van der Waals surface area contributed by atoms with Crippen LogP contribution in [-0.2, 0) is 23.4 Å². The van der Waals surface area contributed by atoms with E-state index in [4.69, 9.17) is 11.6 Å². The molecule has 28 heavy (non-hydrogen) atoms. The van der Waals surface area contributed by atoms with Crippen molar-refractivity contribution in [2.24, 2.45) is 5.84 Å². The van der Waals surface area contributed by atoms with Gasteiger partial charge in [-0.2, -0.15) is 0 Å². The van der Waals surface area contributed by atoms with Gasteiger partial charge in [0.05, 0.1) is 12.0 Å². The Balaban J connectivity index is 0. The van der Waals surface area contributed by atoms with E-state index in [-0.39, 0.29) is 17.9 Å². The van der Waals surface area contributed by atoms with Crippen LogP contribution in [0.4, 0.5) is 11.5 Å². The molecule has 4 N–H and O–H groups in total. The molecule has 0 radical (unpaired) electrons. The lowest BCUT2D eigenvalue weighted by atomic mass is 10.1. The fourth-order valence-electron chi connectivity index (χ4n) is 1.41. The number of carbonyl (C=O) groups excluding carboxylic acids is 3. The number of aldehydes is 1. The molecule has 0 spiro atoms. The normalized spacial score (nSPS) is 9.32. The highest BCUT2D eigenvalue weighted by molar-refractivity contribution is 7.75. The summed E-state index contributed by atoms with van der Waals surface area (Å²) in [4.78, 5) is 44.4. The van der Waals surface area contributed by atoms with Gasteiger partial charge in [0.25, 0.3) is 5.69 Å². The molecule has 0 aliphatic carbocycles. The number of anilines is 1. The maximum Gasteiger partial charge on any atom is 0.374 e. The van der Waals surface area contributed by atoms with E-state index in [1.807, 2.05) is 0 Å². The average molecular weight is 419 g/mol. The van der Waals surface area contributed by atoms with E-state index >= 15 is 0 Å². The summed E-state index contributed by atoms with van der Waals surface area (Å²) in [6.07, 6.45) is 4.91. The van der Waals surface area contributed by atoms with Crippen molar-refractivity contribution in [3.63, 3.8) is 0 Å². The largest absolute Gasteiger partial charge is 0.463 e. The first-order chi connectivity index (χ1) is 13.2. The molecule has 0 amide bonds. The van der Waals surface area contributed by atoms with Crippen LogP contribution in [0.1, 0.15) is 32.1 Å². The molecule has 0 bridgehead atoms. The number of pyridine rings is 1. The Morgan fingerprint density at radius 3 is 2.36 bits per heavy atom. The topological polar surface area (TPSA) is 181 Å². The molecule has 1 rings (SSSR count). The zero-order valence-corrected chi connectivity index (χ0v) is 16.5. The minimum Gasteiger partial charge on any atom is -0.463 e. The number of ether oxygens (including phenoxy) is 1. The van der Waals surface area contributed by atoms with Crippen molar-refractivity contribution in [3.05, 3.63) is 28.4 Å². The molecule has 0 saturated carbocycles. The van der Waals surface area contributed by atoms with Crippen LogP contribution >= 0.6 is 12.9 Å². The summed E-state index contributed by atoms with van der Waals surface area (Å²) >= 11 is 3.32. The van der Waals surface area contributed by atoms with Gasteiger partial charge in [-0.15, -0.1) is 5.17 Å². The number of hydrazine groups is 1. The lowest BCUT2D eigenvalue weighted by molar-refractivity contribution is -0.385. The molecule has 13 heteroatoms. The highest BCUT2D eigenvalue weighted by atomic mass is 32.1. The number of carbonyl (C=O) groups is 3. The minimum atomic E-state index is -0.782. The molecule has 1 aromatic rings. The van der Waals surface area contributed by atoms with Gasteiger partial charge in [0, 0.05) is 38.9 Å². The van der Waals surface area contributed by atoms with Crippen LogP contribution in [0.2, 0.25) is 0 Å². The number of rotatable bonds is 9. The SMILES string of the molecule is CN(N)OS.COC(=O)C(=O)CCCCCC=O.Nc1ccc([N+](=O)[O-])cn1. The van der Waals surface area contributed by atoms with Crippen LogP contribution in [0.15, 0.2) is 18.3 Å². The molecule has 0 fully saturated rings. The molecule has 158 valence electrons. The number of ketones is 1. The van der Waals surface area contributed by atoms with Crippen LogP contribution in [0.5, 0.6) is 0 Å². The summed E-state index contributed by atoms with van der Waals surface area (Å²) in [7, 11) is 2.72. The molecule has 0 saturated heterocycles. The number of Topliss-reactive ketones (excluding diaryl/α,β-unsaturated/α-hetero) is 1. The highest BCUT2D eigenvalue weighted by Crippen LogP contribution is 2.08. The van der Waals surface area contributed by atoms with Gasteiger partial charge in [-0.1, -0.05) is 6.42 Å². The molecular weight excluding hydrogens is 394 g/mol. The van der Waals surface area contributed by atoms with Gasteiger partial charge in [0.15, 0.2) is 0 Å². The molecule has 0 aromatic carbocycles. The van der Waals surface area contributed by atoms with E-state index in [0.29, 0.717) is 12.8 Å². The second-order valence-corrected chi connectivity index (χ2v) is 5.17. The number of nitrogen functional groups attached to an aromatic ring is 1. The number of hydrogen-bond acceptors (Lipinski definition) is 12. The number of aromatic nitrogens is 1. The second kappa shape index (κ2) is 17.8. The number of nitrogens with two attached hydrogens (primary N) is 2. The Labute approximate surface area is 167 Å². The summed E-state index contributed by atoms with van der Waals surface area (Å²) in [6.45, 7) is 0. The Hall–Kier alpha value is -2.61. The maximum atomic E-state index is 10.9. The standard InChI is InChI=1S/C9H14O4.C5H5N3O2.CH6N2OS/c1-13-9(12)8(11)6-4-2-3-5-7-10;6-5-2-1-4(3-7-5)8(9)10;1-3(2)4-5/h7H,2-6H2,1H3;1-3H,(H2,6,7);5H,2H2,1H3. The number of hydroxylamine groups is 1. The number of nitrogens with zero attached hydrogens (tertiary/aromatic N) is 3. The van der Waals surface area contributed by atoms with Crippen LogP contribution in [0, 0.1) is 10.1 Å². The van der Waals surface area contributed by atoms with E-state index in [1.54, 1.807) is 0 Å². The fourth-order valence-corrected chi connectivity index (χ4v) is 1.41. The third kappa shape index (κ3) is 16.8. The first kappa shape index (κ1) is 27.6. The summed E-state index contributed by atoms with van der Waals surface area (Å²) in [5.74, 6) is 3.84. The Morgan fingerprint density at radius 1 is 1.36 bits per heavy atom. The summed E-state index contributed by atoms with van der Waals surface area (Å²) in [5, 5.41) is 11.0. The Kier molecular flexibility index (Phi) is 17.5. The summed E-state index contributed by atoms with van der Waals surface area (Å²) in [5.41, 5.74) is 5.15. The van der Waals surface area contributed by atoms with Crippen molar-refractivity contribution in [1.82, 2.24) is 10.2 Å². The van der Waals surface area contributed by atoms with Crippen LogP contribution < -0.4 is 11.6 Å². The van der Waals surface area contributed by atoms with Gasteiger partial charge in [0.2, 0.25) is 5.78 Å². The van der Waals surface area contributed by atoms with E-state index in [2.05, 4.69) is 26.9 Å². The number of nitro groups is 1. The number of esters is 1. The molecule has 0 aliphatic heterocycles. The van der Waals surface area contributed by atoms with Crippen molar-refractivity contribution >= 4 is 42.5 Å². The van der Waals surface area contributed by atoms with Crippen molar-refractivity contribution in [1.29, 1.82) is 0 Å². The van der Waals surface area contributed by atoms with Gasteiger partial charge in [0.1, 0.15) is 18.3 Å². The van der Waals surface area contributed by atoms with E-state index in [1.165, 1.54) is 26.3 Å². The van der Waals surface area contributed by atoms with Crippen molar-refractivity contribution in [3.8, 4) is 0 Å². The van der Waals surface area contributed by atoms with Gasteiger partial charge in [-0.05, 0) is 18.9 Å². The third-order valence-corrected chi connectivity index (χ3v) is 3.01. The highest BCUT2D eigenvalue weighted by Gasteiger charge is 2.12. The third-order valence-electron chi connectivity index (χ3n) is 2.75. The summed E-state index contributed by atoms with van der Waals surface area (Å²) in [6, 6.07) is 2.69. The van der Waals surface area contributed by atoms with Crippen LogP contribution in [-0.4, -0.2) is 47.3 Å². The number of hydrogen-bond donors (Lipinski definition) is 3. The smallest absolute Gasteiger partial charge is 0.374 e. The van der Waals surface area contributed by atoms with Gasteiger partial charge in [-0.3, -0.25) is 14.9 Å². The van der Waals surface area contributed by atoms with Gasteiger partial charge >= 0.3 is 5.97 Å². The molecule has 1 aromatic heterocycles. The molecule has 1 heterocycles. The van der Waals surface area contributed by atoms with Crippen LogP contribution in [0.25, 0.3) is 0 Å². The quantitative estimate of drug-likeness (QED) is 0.0598. The van der Waals surface area contributed by atoms with E-state index < -0.39 is 16.7 Å².